The Hall–Kier alpha value is -2.07. The summed E-state index contributed by atoms with van der Waals surface area (Å²) >= 11 is 5.40. The lowest BCUT2D eigenvalue weighted by Crippen LogP contribution is -2.31. The molecule has 0 aliphatic rings. The minimum atomic E-state index is 0.151. The van der Waals surface area contributed by atoms with Crippen LogP contribution in [0.2, 0.25) is 0 Å². The SMILES string of the molecule is COc1ccc(NC(=S)N[C@@H](C)c2cc(C)ccc2C)cc1. The Morgan fingerprint density at radius 2 is 1.77 bits per heavy atom. The fourth-order valence-corrected chi connectivity index (χ4v) is 2.64. The number of anilines is 1. The summed E-state index contributed by atoms with van der Waals surface area (Å²) in [5, 5.41) is 7.13. The van der Waals surface area contributed by atoms with Gasteiger partial charge in [-0.2, -0.15) is 0 Å². The van der Waals surface area contributed by atoms with Crippen molar-refractivity contribution in [3.63, 3.8) is 0 Å². The summed E-state index contributed by atoms with van der Waals surface area (Å²) in [5.74, 6) is 0.827. The Morgan fingerprint density at radius 3 is 2.41 bits per heavy atom. The number of nitrogens with one attached hydrogen (secondary N) is 2. The van der Waals surface area contributed by atoms with E-state index in [1.54, 1.807) is 7.11 Å². The molecule has 0 fully saturated rings. The monoisotopic (exact) mass is 314 g/mol. The normalized spacial score (nSPS) is 11.6. The van der Waals surface area contributed by atoms with E-state index in [-0.39, 0.29) is 6.04 Å². The van der Waals surface area contributed by atoms with Crippen molar-refractivity contribution in [3.05, 3.63) is 59.2 Å². The summed E-state index contributed by atoms with van der Waals surface area (Å²) in [4.78, 5) is 0. The maximum Gasteiger partial charge on any atom is 0.171 e. The van der Waals surface area contributed by atoms with E-state index in [1.165, 1.54) is 16.7 Å². The maximum absolute atomic E-state index is 5.40. The van der Waals surface area contributed by atoms with Gasteiger partial charge in [-0.3, -0.25) is 0 Å². The number of benzene rings is 2. The number of methoxy groups -OCH3 is 1. The van der Waals surface area contributed by atoms with E-state index >= 15 is 0 Å². The van der Waals surface area contributed by atoms with Gasteiger partial charge in [-0.05, 0) is 68.4 Å². The van der Waals surface area contributed by atoms with E-state index in [4.69, 9.17) is 17.0 Å². The molecule has 0 aliphatic heterocycles. The molecule has 0 bridgehead atoms. The van der Waals surface area contributed by atoms with Crippen LogP contribution in [0.3, 0.4) is 0 Å². The van der Waals surface area contributed by atoms with Gasteiger partial charge in [-0.15, -0.1) is 0 Å². The average molecular weight is 314 g/mol. The van der Waals surface area contributed by atoms with E-state index in [9.17, 15) is 0 Å². The fraction of sp³-hybridized carbons (Fsp3) is 0.278. The second-order valence-electron chi connectivity index (χ2n) is 5.41. The highest BCUT2D eigenvalue weighted by Gasteiger charge is 2.10. The molecule has 0 amide bonds. The molecule has 2 N–H and O–H groups in total. The van der Waals surface area contributed by atoms with Crippen LogP contribution in [0.25, 0.3) is 0 Å². The van der Waals surface area contributed by atoms with E-state index < -0.39 is 0 Å². The van der Waals surface area contributed by atoms with Gasteiger partial charge in [0.1, 0.15) is 5.75 Å². The van der Waals surface area contributed by atoms with Gasteiger partial charge in [0.25, 0.3) is 0 Å². The molecule has 0 unspecified atom stereocenters. The van der Waals surface area contributed by atoms with Gasteiger partial charge in [0.05, 0.1) is 13.2 Å². The van der Waals surface area contributed by atoms with Gasteiger partial charge in [0, 0.05) is 5.69 Å². The van der Waals surface area contributed by atoms with Crippen LogP contribution in [0, 0.1) is 13.8 Å². The van der Waals surface area contributed by atoms with Gasteiger partial charge >= 0.3 is 0 Å². The van der Waals surface area contributed by atoms with Crippen LogP contribution in [0.15, 0.2) is 42.5 Å². The predicted octanol–water partition coefficient (Wildman–Crippen LogP) is 4.36. The molecule has 3 nitrogen and oxygen atoms in total. The molecule has 2 aromatic rings. The first kappa shape index (κ1) is 16.3. The molecule has 1 atom stereocenters. The third kappa shape index (κ3) is 4.21. The Kier molecular flexibility index (Phi) is 5.39. The molecule has 0 saturated carbocycles. The second-order valence-corrected chi connectivity index (χ2v) is 5.82. The highest BCUT2D eigenvalue weighted by atomic mass is 32.1. The minimum Gasteiger partial charge on any atom is -0.497 e. The number of hydrogen-bond donors (Lipinski definition) is 2. The second kappa shape index (κ2) is 7.27. The lowest BCUT2D eigenvalue weighted by Gasteiger charge is -2.19. The molecule has 0 aliphatic carbocycles. The van der Waals surface area contributed by atoms with Gasteiger partial charge < -0.3 is 15.4 Å². The Bertz CT molecular complexity index is 653. The summed E-state index contributed by atoms with van der Waals surface area (Å²) in [5.41, 5.74) is 4.71. The molecule has 0 aromatic heterocycles. The highest BCUT2D eigenvalue weighted by molar-refractivity contribution is 7.80. The summed E-state index contributed by atoms with van der Waals surface area (Å²) in [7, 11) is 1.65. The average Bonchev–Trinajstić information content (AvgIpc) is 2.50. The summed E-state index contributed by atoms with van der Waals surface area (Å²) < 4.78 is 5.14. The standard InChI is InChI=1S/C18H22N2OS/c1-12-5-6-13(2)17(11-12)14(3)19-18(22)20-15-7-9-16(21-4)10-8-15/h5-11,14H,1-4H3,(H2,19,20,22)/t14-/m0/s1. The Morgan fingerprint density at radius 1 is 1.09 bits per heavy atom. The maximum atomic E-state index is 5.40. The van der Waals surface area contributed by atoms with Crippen molar-refractivity contribution in [3.8, 4) is 5.75 Å². The van der Waals surface area contributed by atoms with Gasteiger partial charge in [-0.25, -0.2) is 0 Å². The topological polar surface area (TPSA) is 33.3 Å². The summed E-state index contributed by atoms with van der Waals surface area (Å²) in [6.07, 6.45) is 0. The van der Waals surface area contributed by atoms with Crippen molar-refractivity contribution in [2.75, 3.05) is 12.4 Å². The van der Waals surface area contributed by atoms with Crippen LogP contribution in [-0.2, 0) is 0 Å². The van der Waals surface area contributed by atoms with E-state index in [0.717, 1.165) is 11.4 Å². The first-order valence-electron chi connectivity index (χ1n) is 7.28. The molecule has 0 spiro atoms. The van der Waals surface area contributed by atoms with Crippen molar-refractivity contribution in [1.29, 1.82) is 0 Å². The van der Waals surface area contributed by atoms with E-state index in [0.29, 0.717) is 5.11 Å². The molecule has 4 heteroatoms. The van der Waals surface area contributed by atoms with Gasteiger partial charge in [0.2, 0.25) is 0 Å². The zero-order valence-electron chi connectivity index (χ0n) is 13.4. The van der Waals surface area contributed by atoms with Crippen molar-refractivity contribution in [2.24, 2.45) is 0 Å². The fourth-order valence-electron chi connectivity index (χ4n) is 2.34. The number of thiocarbonyl (C=S) groups is 1. The van der Waals surface area contributed by atoms with Crippen molar-refractivity contribution < 1.29 is 4.74 Å². The van der Waals surface area contributed by atoms with Crippen molar-refractivity contribution >= 4 is 23.0 Å². The molecule has 22 heavy (non-hydrogen) atoms. The third-order valence-electron chi connectivity index (χ3n) is 3.60. The zero-order valence-corrected chi connectivity index (χ0v) is 14.3. The zero-order chi connectivity index (χ0) is 16.1. The van der Waals surface area contributed by atoms with Crippen LogP contribution in [0.1, 0.15) is 29.7 Å². The largest absolute Gasteiger partial charge is 0.497 e. The van der Waals surface area contributed by atoms with Crippen LogP contribution >= 0.6 is 12.2 Å². The molecular formula is C18H22N2OS. The lowest BCUT2D eigenvalue weighted by molar-refractivity contribution is 0.415. The summed E-state index contributed by atoms with van der Waals surface area (Å²) in [6, 6.07) is 14.3. The van der Waals surface area contributed by atoms with Crippen molar-refractivity contribution in [1.82, 2.24) is 5.32 Å². The first-order chi connectivity index (χ1) is 10.5. The summed E-state index contributed by atoms with van der Waals surface area (Å²) in [6.45, 7) is 6.33. The number of hydrogen-bond acceptors (Lipinski definition) is 2. The number of ether oxygens (including phenoxy) is 1. The molecule has 116 valence electrons. The van der Waals surface area contributed by atoms with E-state index in [1.807, 2.05) is 24.3 Å². The Labute approximate surface area is 137 Å². The number of rotatable bonds is 4. The third-order valence-corrected chi connectivity index (χ3v) is 3.82. The van der Waals surface area contributed by atoms with Gasteiger partial charge in [0.15, 0.2) is 5.11 Å². The highest BCUT2D eigenvalue weighted by Crippen LogP contribution is 2.19. The lowest BCUT2D eigenvalue weighted by atomic mass is 10.0. The smallest absolute Gasteiger partial charge is 0.171 e. The molecule has 2 aromatic carbocycles. The first-order valence-corrected chi connectivity index (χ1v) is 7.69. The van der Waals surface area contributed by atoms with Crippen LogP contribution in [0.5, 0.6) is 5.75 Å². The van der Waals surface area contributed by atoms with Crippen molar-refractivity contribution in [2.45, 2.75) is 26.8 Å². The molecular weight excluding hydrogens is 292 g/mol. The minimum absolute atomic E-state index is 0.151. The molecule has 2 rings (SSSR count). The van der Waals surface area contributed by atoms with Crippen LogP contribution in [-0.4, -0.2) is 12.2 Å². The van der Waals surface area contributed by atoms with Crippen LogP contribution < -0.4 is 15.4 Å². The molecule has 0 radical (unpaired) electrons. The van der Waals surface area contributed by atoms with Crippen LogP contribution in [0.4, 0.5) is 5.69 Å². The molecule has 0 saturated heterocycles. The molecule has 0 heterocycles. The van der Waals surface area contributed by atoms with Gasteiger partial charge in [-0.1, -0.05) is 23.8 Å². The van der Waals surface area contributed by atoms with E-state index in [2.05, 4.69) is 49.6 Å². The number of aryl methyl sites for hydroxylation is 2. The quantitative estimate of drug-likeness (QED) is 0.822. The Balaban J connectivity index is 2.00. The predicted molar refractivity (Wildman–Crippen MR) is 96.7 cm³/mol.